The van der Waals surface area contributed by atoms with Crippen molar-refractivity contribution in [2.75, 3.05) is 0 Å². The number of benzene rings is 1. The molecule has 0 amide bonds. The van der Waals surface area contributed by atoms with Gasteiger partial charge >= 0.3 is 0 Å². The molecule has 80 valence electrons. The second-order valence-corrected chi connectivity index (χ2v) is 4.42. The molecule has 0 aliphatic heterocycles. The van der Waals surface area contributed by atoms with Crippen molar-refractivity contribution in [3.8, 4) is 0 Å². The van der Waals surface area contributed by atoms with Crippen LogP contribution in [0.4, 0.5) is 0 Å². The second-order valence-electron chi connectivity index (χ2n) is 3.51. The van der Waals surface area contributed by atoms with E-state index >= 15 is 0 Å². The Labute approximate surface area is 99.4 Å². The fraction of sp³-hybridized carbons (Fsp3) is 0.100. The molecule has 0 spiro atoms. The minimum atomic E-state index is 0.674. The van der Waals surface area contributed by atoms with Crippen molar-refractivity contribution < 1.29 is 0 Å². The fourth-order valence-corrected chi connectivity index (χ4v) is 2.09. The largest absolute Gasteiger partial charge is 0.361 e. The average molecular weight is 278 g/mol. The van der Waals surface area contributed by atoms with Gasteiger partial charge in [0, 0.05) is 28.0 Å². The molecular weight excluding hydrogens is 270 g/mol. The van der Waals surface area contributed by atoms with Gasteiger partial charge in [0.25, 0.3) is 0 Å². The predicted molar refractivity (Wildman–Crippen MR) is 63.0 cm³/mol. The van der Waals surface area contributed by atoms with E-state index in [1.54, 1.807) is 0 Å². The first-order valence-corrected chi connectivity index (χ1v) is 5.60. The van der Waals surface area contributed by atoms with Crippen molar-refractivity contribution in [3.63, 3.8) is 0 Å². The molecule has 0 aliphatic rings. The Balaban J connectivity index is 2.07. The van der Waals surface area contributed by atoms with Crippen LogP contribution in [-0.4, -0.2) is 25.6 Å². The van der Waals surface area contributed by atoms with E-state index in [9.17, 15) is 0 Å². The van der Waals surface area contributed by atoms with Crippen LogP contribution >= 0.6 is 15.9 Å². The van der Waals surface area contributed by atoms with Gasteiger partial charge in [-0.25, -0.2) is 0 Å². The van der Waals surface area contributed by atoms with Crippen LogP contribution in [0.1, 0.15) is 11.4 Å². The number of aromatic amines is 2. The third kappa shape index (κ3) is 1.61. The van der Waals surface area contributed by atoms with Crippen LogP contribution in [0, 0.1) is 0 Å². The highest BCUT2D eigenvalue weighted by Gasteiger charge is 2.07. The van der Waals surface area contributed by atoms with Crippen molar-refractivity contribution >= 4 is 26.8 Å². The van der Waals surface area contributed by atoms with Crippen LogP contribution in [0.5, 0.6) is 0 Å². The van der Waals surface area contributed by atoms with E-state index in [0.717, 1.165) is 15.6 Å². The van der Waals surface area contributed by atoms with Gasteiger partial charge in [-0.2, -0.15) is 5.21 Å². The molecule has 16 heavy (non-hydrogen) atoms. The SMILES string of the molecule is Brc1ccc2[nH]cc(Cc3nn[nH]n3)c2c1. The van der Waals surface area contributed by atoms with Gasteiger partial charge in [-0.1, -0.05) is 21.1 Å². The van der Waals surface area contributed by atoms with Crippen molar-refractivity contribution in [2.24, 2.45) is 0 Å². The number of H-pyrrole nitrogens is 2. The molecular formula is C10H8BrN5. The summed E-state index contributed by atoms with van der Waals surface area (Å²) < 4.78 is 1.06. The average Bonchev–Trinajstić information content (AvgIpc) is 2.90. The fourth-order valence-electron chi connectivity index (χ4n) is 1.72. The molecule has 2 N–H and O–H groups in total. The van der Waals surface area contributed by atoms with Crippen LogP contribution in [0.2, 0.25) is 0 Å². The Hall–Kier alpha value is -1.69. The number of halogens is 1. The number of hydrogen-bond acceptors (Lipinski definition) is 3. The lowest BCUT2D eigenvalue weighted by molar-refractivity contribution is 0.881. The van der Waals surface area contributed by atoms with Gasteiger partial charge in [-0.15, -0.1) is 10.2 Å². The highest BCUT2D eigenvalue weighted by atomic mass is 79.9. The molecule has 0 saturated carbocycles. The van der Waals surface area contributed by atoms with Crippen LogP contribution in [-0.2, 0) is 6.42 Å². The number of tetrazole rings is 1. The van der Waals surface area contributed by atoms with E-state index in [4.69, 9.17) is 0 Å². The summed E-state index contributed by atoms with van der Waals surface area (Å²) in [6, 6.07) is 6.14. The molecule has 2 heterocycles. The van der Waals surface area contributed by atoms with Crippen LogP contribution < -0.4 is 0 Å². The summed E-state index contributed by atoms with van der Waals surface area (Å²) in [5.41, 5.74) is 2.28. The summed E-state index contributed by atoms with van der Waals surface area (Å²) in [6.07, 6.45) is 2.65. The summed E-state index contributed by atoms with van der Waals surface area (Å²) in [6.45, 7) is 0. The molecule has 3 aromatic rings. The Kier molecular flexibility index (Phi) is 2.21. The molecule has 0 bridgehead atoms. The van der Waals surface area contributed by atoms with Gasteiger partial charge in [-0.3, -0.25) is 0 Å². The summed E-state index contributed by atoms with van der Waals surface area (Å²) in [5.74, 6) is 0.695. The monoisotopic (exact) mass is 277 g/mol. The number of nitrogens with zero attached hydrogens (tertiary/aromatic N) is 3. The van der Waals surface area contributed by atoms with Crippen molar-refractivity contribution in [3.05, 3.63) is 40.3 Å². The zero-order valence-corrected chi connectivity index (χ0v) is 9.82. The minimum absolute atomic E-state index is 0.674. The molecule has 3 rings (SSSR count). The normalized spacial score (nSPS) is 11.1. The maximum atomic E-state index is 3.95. The Morgan fingerprint density at radius 2 is 2.25 bits per heavy atom. The lowest BCUT2D eigenvalue weighted by atomic mass is 10.1. The topological polar surface area (TPSA) is 70.2 Å². The van der Waals surface area contributed by atoms with Crippen LogP contribution in [0.3, 0.4) is 0 Å². The minimum Gasteiger partial charge on any atom is -0.361 e. The van der Waals surface area contributed by atoms with E-state index in [-0.39, 0.29) is 0 Å². The molecule has 0 radical (unpaired) electrons. The summed E-state index contributed by atoms with van der Waals surface area (Å²) in [4.78, 5) is 3.22. The van der Waals surface area contributed by atoms with Gasteiger partial charge in [0.05, 0.1) is 0 Å². The number of nitrogens with one attached hydrogen (secondary N) is 2. The second kappa shape index (κ2) is 3.71. The Bertz CT molecular complexity index is 613. The number of aromatic nitrogens is 5. The molecule has 0 fully saturated rings. The van der Waals surface area contributed by atoms with Gasteiger partial charge in [0.1, 0.15) is 0 Å². The van der Waals surface area contributed by atoms with Crippen LogP contribution in [0.15, 0.2) is 28.9 Å². The highest BCUT2D eigenvalue weighted by Crippen LogP contribution is 2.23. The first-order valence-electron chi connectivity index (χ1n) is 4.81. The number of hydrogen-bond donors (Lipinski definition) is 2. The van der Waals surface area contributed by atoms with Gasteiger partial charge in [0.2, 0.25) is 0 Å². The predicted octanol–water partition coefficient (Wildman–Crippen LogP) is 2.03. The van der Waals surface area contributed by atoms with Crippen LogP contribution in [0.25, 0.3) is 10.9 Å². The van der Waals surface area contributed by atoms with Gasteiger partial charge in [0.15, 0.2) is 5.82 Å². The number of fused-ring (bicyclic) bond motifs is 1. The zero-order valence-electron chi connectivity index (χ0n) is 8.24. The molecule has 0 saturated heterocycles. The Morgan fingerprint density at radius 1 is 1.31 bits per heavy atom. The third-order valence-electron chi connectivity index (χ3n) is 2.47. The van der Waals surface area contributed by atoms with Gasteiger partial charge in [-0.05, 0) is 23.8 Å². The first kappa shape index (κ1) is 9.53. The lowest BCUT2D eigenvalue weighted by Gasteiger charge is -1.95. The van der Waals surface area contributed by atoms with Crippen molar-refractivity contribution in [2.45, 2.75) is 6.42 Å². The first-order chi connectivity index (χ1) is 7.83. The summed E-state index contributed by atoms with van der Waals surface area (Å²) in [5, 5.41) is 15.1. The molecule has 6 heteroatoms. The van der Waals surface area contributed by atoms with Gasteiger partial charge < -0.3 is 4.98 Å². The van der Waals surface area contributed by atoms with E-state index < -0.39 is 0 Å². The lowest BCUT2D eigenvalue weighted by Crippen LogP contribution is -1.89. The summed E-state index contributed by atoms with van der Waals surface area (Å²) in [7, 11) is 0. The standard InChI is InChI=1S/C10H8BrN5/c11-7-1-2-9-8(4-7)6(5-12-9)3-10-13-15-16-14-10/h1-2,4-5,12H,3H2,(H,13,14,15,16). The maximum absolute atomic E-state index is 3.95. The van der Waals surface area contributed by atoms with Crippen molar-refractivity contribution in [1.82, 2.24) is 25.6 Å². The smallest absolute Gasteiger partial charge is 0.178 e. The van der Waals surface area contributed by atoms with E-state index in [0.29, 0.717) is 12.2 Å². The Morgan fingerprint density at radius 3 is 3.06 bits per heavy atom. The quantitative estimate of drug-likeness (QED) is 0.753. The maximum Gasteiger partial charge on any atom is 0.178 e. The van der Waals surface area contributed by atoms with E-state index in [2.05, 4.69) is 47.6 Å². The molecule has 0 aliphatic carbocycles. The summed E-state index contributed by atoms with van der Waals surface area (Å²) >= 11 is 3.47. The van der Waals surface area contributed by atoms with E-state index in [1.165, 1.54) is 5.39 Å². The molecule has 1 aromatic carbocycles. The number of rotatable bonds is 2. The third-order valence-corrected chi connectivity index (χ3v) is 2.96. The molecule has 2 aromatic heterocycles. The zero-order chi connectivity index (χ0) is 11.0. The molecule has 0 unspecified atom stereocenters. The van der Waals surface area contributed by atoms with E-state index in [1.807, 2.05) is 18.3 Å². The molecule has 0 atom stereocenters. The molecule has 5 nitrogen and oxygen atoms in total. The highest BCUT2D eigenvalue weighted by molar-refractivity contribution is 9.10. The van der Waals surface area contributed by atoms with Crippen molar-refractivity contribution in [1.29, 1.82) is 0 Å².